The minimum absolute atomic E-state index is 0.0471. The summed E-state index contributed by atoms with van der Waals surface area (Å²) in [6.45, 7) is 7.28. The van der Waals surface area contributed by atoms with E-state index in [0.717, 1.165) is 36.6 Å². The zero-order chi connectivity index (χ0) is 21.8. The Hall–Kier alpha value is -1.66. The lowest BCUT2D eigenvalue weighted by atomic mass is 9.64. The molecule has 30 heavy (non-hydrogen) atoms. The molecule has 6 heteroatoms. The Labute approximate surface area is 180 Å². The van der Waals surface area contributed by atoms with Crippen LogP contribution in [0.4, 0.5) is 0 Å². The second-order valence-electron chi connectivity index (χ2n) is 9.86. The molecule has 2 aliphatic rings. The fourth-order valence-electron chi connectivity index (χ4n) is 5.79. The first-order valence-electron chi connectivity index (χ1n) is 11.7. The van der Waals surface area contributed by atoms with E-state index in [0.29, 0.717) is 17.4 Å². The predicted octanol–water partition coefficient (Wildman–Crippen LogP) is 2.62. The van der Waals surface area contributed by atoms with Gasteiger partial charge >= 0.3 is 0 Å². The molecule has 1 aromatic rings. The highest BCUT2D eigenvalue weighted by molar-refractivity contribution is 5.79. The highest BCUT2D eigenvalue weighted by Crippen LogP contribution is 2.43. The van der Waals surface area contributed by atoms with Crippen LogP contribution in [-0.4, -0.2) is 30.5 Å². The van der Waals surface area contributed by atoms with Crippen LogP contribution >= 0.6 is 0 Å². The Bertz CT molecular complexity index is 782. The number of hydrogen-bond donors (Lipinski definition) is 4. The molecule has 0 aliphatic heterocycles. The minimum atomic E-state index is -0.114. The van der Waals surface area contributed by atoms with Gasteiger partial charge in [0, 0.05) is 29.8 Å². The summed E-state index contributed by atoms with van der Waals surface area (Å²) in [6.07, 6.45) is 7.02. The number of amides is 1. The quantitative estimate of drug-likeness (QED) is 0.573. The maximum absolute atomic E-state index is 13.1. The van der Waals surface area contributed by atoms with Crippen molar-refractivity contribution in [1.82, 2.24) is 15.6 Å². The summed E-state index contributed by atoms with van der Waals surface area (Å²) in [4.78, 5) is 28.2. The highest BCUT2D eigenvalue weighted by Gasteiger charge is 2.40. The van der Waals surface area contributed by atoms with Gasteiger partial charge < -0.3 is 21.4 Å². The average molecular weight is 417 g/mol. The molecule has 1 aromatic heterocycles. The number of carbonyl (C=O) groups is 1. The highest BCUT2D eigenvalue weighted by atomic mass is 16.2. The molecule has 6 nitrogen and oxygen atoms in total. The Kier molecular flexibility index (Phi) is 7.75. The Morgan fingerprint density at radius 2 is 1.87 bits per heavy atom. The number of rotatable bonds is 6. The van der Waals surface area contributed by atoms with Crippen molar-refractivity contribution in [2.75, 3.05) is 13.6 Å². The number of aryl methyl sites for hydroxylation is 2. The Morgan fingerprint density at radius 3 is 2.50 bits per heavy atom. The van der Waals surface area contributed by atoms with Crippen molar-refractivity contribution in [1.29, 1.82) is 0 Å². The number of nitrogens with one attached hydrogen (secondary N) is 3. The molecule has 0 saturated heterocycles. The van der Waals surface area contributed by atoms with Crippen molar-refractivity contribution in [2.24, 2.45) is 35.3 Å². The Balaban J connectivity index is 1.61. The van der Waals surface area contributed by atoms with E-state index in [1.165, 1.54) is 25.7 Å². The fraction of sp³-hybridized carbons (Fsp3) is 0.750. The van der Waals surface area contributed by atoms with Crippen LogP contribution in [0.3, 0.4) is 0 Å². The third-order valence-corrected chi connectivity index (χ3v) is 7.76. The average Bonchev–Trinajstić information content (AvgIpc) is 2.69. The van der Waals surface area contributed by atoms with Gasteiger partial charge in [0.15, 0.2) is 0 Å². The van der Waals surface area contributed by atoms with Crippen molar-refractivity contribution in [3.8, 4) is 0 Å². The second kappa shape index (κ2) is 10.1. The molecule has 2 saturated carbocycles. The van der Waals surface area contributed by atoms with Gasteiger partial charge in [0.05, 0.1) is 0 Å². The lowest BCUT2D eigenvalue weighted by molar-refractivity contribution is -0.129. The second-order valence-corrected chi connectivity index (χ2v) is 9.86. The minimum Gasteiger partial charge on any atom is -0.352 e. The van der Waals surface area contributed by atoms with Crippen molar-refractivity contribution < 1.29 is 4.79 Å². The largest absolute Gasteiger partial charge is 0.352 e. The van der Waals surface area contributed by atoms with E-state index in [2.05, 4.69) is 22.5 Å². The van der Waals surface area contributed by atoms with Crippen molar-refractivity contribution in [3.63, 3.8) is 0 Å². The van der Waals surface area contributed by atoms with Crippen LogP contribution < -0.4 is 21.9 Å². The van der Waals surface area contributed by atoms with E-state index in [4.69, 9.17) is 5.73 Å². The van der Waals surface area contributed by atoms with E-state index in [1.54, 1.807) is 0 Å². The van der Waals surface area contributed by atoms with Gasteiger partial charge in [0.25, 0.3) is 5.56 Å². The topological polar surface area (TPSA) is 100 Å². The van der Waals surface area contributed by atoms with E-state index < -0.39 is 0 Å². The monoisotopic (exact) mass is 416 g/mol. The van der Waals surface area contributed by atoms with Crippen LogP contribution in [0.25, 0.3) is 0 Å². The summed E-state index contributed by atoms with van der Waals surface area (Å²) in [5.74, 6) is 2.15. The first kappa shape index (κ1) is 23.0. The molecule has 1 heterocycles. The van der Waals surface area contributed by atoms with E-state index in [9.17, 15) is 9.59 Å². The van der Waals surface area contributed by atoms with Crippen LogP contribution in [0, 0.1) is 43.4 Å². The van der Waals surface area contributed by atoms with Crippen LogP contribution in [0.15, 0.2) is 10.9 Å². The fourth-order valence-corrected chi connectivity index (χ4v) is 5.79. The summed E-state index contributed by atoms with van der Waals surface area (Å²) in [6, 6.07) is 2.02. The zero-order valence-electron chi connectivity index (χ0n) is 19.1. The normalized spacial score (nSPS) is 32.0. The standard InChI is InChI=1S/C24H40N4O2/c1-14-9-15(2)28-24(30)21(14)13-27-23(29)20-10-19(11-22(25)16(20)3)18-7-5-17(6-8-18)12-26-4/h9,16-20,22,26H,5-8,10-13,25H2,1-4H3,(H,27,29)(H,28,30). The number of H-pyrrole nitrogens is 1. The van der Waals surface area contributed by atoms with E-state index in [-0.39, 0.29) is 35.9 Å². The SMILES string of the molecule is CNCC1CCC(C2CC(N)C(C)C(C(=O)NCc3c(C)cc(C)[nH]c3=O)C2)CC1. The Morgan fingerprint density at radius 1 is 1.17 bits per heavy atom. The number of aromatic amines is 1. The van der Waals surface area contributed by atoms with E-state index in [1.807, 2.05) is 27.0 Å². The third-order valence-electron chi connectivity index (χ3n) is 7.76. The van der Waals surface area contributed by atoms with Gasteiger partial charge in [-0.2, -0.15) is 0 Å². The molecule has 2 aliphatic carbocycles. The van der Waals surface area contributed by atoms with Gasteiger partial charge in [0.1, 0.15) is 0 Å². The number of aromatic nitrogens is 1. The summed E-state index contributed by atoms with van der Waals surface area (Å²) in [5, 5.41) is 6.35. The van der Waals surface area contributed by atoms with Gasteiger partial charge in [-0.3, -0.25) is 9.59 Å². The van der Waals surface area contributed by atoms with Gasteiger partial charge in [-0.25, -0.2) is 0 Å². The molecule has 0 aromatic carbocycles. The van der Waals surface area contributed by atoms with Crippen LogP contribution in [0.5, 0.6) is 0 Å². The summed E-state index contributed by atoms with van der Waals surface area (Å²) in [5.41, 5.74) is 8.79. The van der Waals surface area contributed by atoms with Gasteiger partial charge in [-0.05, 0) is 101 Å². The van der Waals surface area contributed by atoms with Crippen molar-refractivity contribution in [2.45, 2.75) is 71.9 Å². The van der Waals surface area contributed by atoms with Crippen LogP contribution in [0.2, 0.25) is 0 Å². The number of hydrogen-bond acceptors (Lipinski definition) is 4. The van der Waals surface area contributed by atoms with Crippen molar-refractivity contribution in [3.05, 3.63) is 33.2 Å². The lowest BCUT2D eigenvalue weighted by Crippen LogP contribution is -2.48. The summed E-state index contributed by atoms with van der Waals surface area (Å²) < 4.78 is 0. The first-order chi connectivity index (χ1) is 14.3. The molecule has 4 unspecified atom stereocenters. The third kappa shape index (κ3) is 5.33. The molecule has 3 rings (SSSR count). The first-order valence-corrected chi connectivity index (χ1v) is 11.7. The molecule has 0 spiro atoms. The van der Waals surface area contributed by atoms with Crippen LogP contribution in [-0.2, 0) is 11.3 Å². The number of nitrogens with two attached hydrogens (primary N) is 1. The molecular formula is C24H40N4O2. The molecule has 2 fully saturated rings. The molecule has 4 atom stereocenters. The van der Waals surface area contributed by atoms with E-state index >= 15 is 0 Å². The number of carbonyl (C=O) groups excluding carboxylic acids is 1. The predicted molar refractivity (Wildman–Crippen MR) is 121 cm³/mol. The van der Waals surface area contributed by atoms with Gasteiger partial charge in [-0.1, -0.05) is 6.92 Å². The lowest BCUT2D eigenvalue weighted by Gasteiger charge is -2.43. The molecule has 5 N–H and O–H groups in total. The molecule has 0 radical (unpaired) electrons. The maximum Gasteiger partial charge on any atom is 0.253 e. The molecule has 1 amide bonds. The van der Waals surface area contributed by atoms with Gasteiger partial charge in [0.2, 0.25) is 5.91 Å². The number of pyridine rings is 1. The zero-order valence-corrected chi connectivity index (χ0v) is 19.1. The smallest absolute Gasteiger partial charge is 0.253 e. The molecule has 168 valence electrons. The summed E-state index contributed by atoms with van der Waals surface area (Å²) in [7, 11) is 2.03. The van der Waals surface area contributed by atoms with Crippen molar-refractivity contribution >= 4 is 5.91 Å². The van der Waals surface area contributed by atoms with Crippen LogP contribution in [0.1, 0.15) is 62.3 Å². The van der Waals surface area contributed by atoms with Gasteiger partial charge in [-0.15, -0.1) is 0 Å². The molecule has 0 bridgehead atoms. The molecular weight excluding hydrogens is 376 g/mol. The summed E-state index contributed by atoms with van der Waals surface area (Å²) >= 11 is 0. The maximum atomic E-state index is 13.1.